The Morgan fingerprint density at radius 1 is 0.862 bits per heavy atom. The second-order valence-electron chi connectivity index (χ2n) is 8.03. The van der Waals surface area contributed by atoms with Gasteiger partial charge in [-0.25, -0.2) is 0 Å². The summed E-state index contributed by atoms with van der Waals surface area (Å²) in [5.74, 6) is 0.425. The van der Waals surface area contributed by atoms with Crippen molar-refractivity contribution in [3.8, 4) is 23.0 Å². The normalized spacial score (nSPS) is 30.9. The molecule has 2 unspecified atom stereocenters. The number of allylic oxidation sites excluding steroid dienone is 2. The third kappa shape index (κ3) is 1.96. The zero-order valence-corrected chi connectivity index (χ0v) is 16.5. The Kier molecular flexibility index (Phi) is 2.88. The zero-order chi connectivity index (χ0) is 19.9. The van der Waals surface area contributed by atoms with Gasteiger partial charge in [-0.1, -0.05) is 0 Å². The summed E-state index contributed by atoms with van der Waals surface area (Å²) >= 11 is 0. The van der Waals surface area contributed by atoms with Crippen LogP contribution in [0.15, 0.2) is 59.8 Å². The van der Waals surface area contributed by atoms with Gasteiger partial charge in [-0.15, -0.1) is 0 Å². The fourth-order valence-electron chi connectivity index (χ4n) is 4.57. The molecule has 1 aliphatic carbocycles. The van der Waals surface area contributed by atoms with Crippen LogP contribution in [0, 0.1) is 11.3 Å². The van der Waals surface area contributed by atoms with E-state index in [1.54, 1.807) is 31.2 Å². The van der Waals surface area contributed by atoms with Gasteiger partial charge in [0, 0.05) is 0 Å². The van der Waals surface area contributed by atoms with Crippen LogP contribution in [0.4, 0.5) is 0 Å². The Balaban J connectivity index is 1.51. The standard InChI is InChI=1S/C21H17O7Si/c1-21-11-10-13(12-14(21)19(22)24-20(21)23)29(25-15-6-2-3-7-16(15)26-29)27-17-8-4-5-9-18(17)28-29/h2-10,14H,11-12H2,1H3/q-1. The van der Waals surface area contributed by atoms with Crippen LogP contribution in [0.3, 0.4) is 0 Å². The Labute approximate surface area is 166 Å². The van der Waals surface area contributed by atoms with E-state index in [0.717, 1.165) is 0 Å². The molecule has 0 N–H and O–H groups in total. The van der Waals surface area contributed by atoms with Crippen molar-refractivity contribution in [1.29, 1.82) is 0 Å². The van der Waals surface area contributed by atoms with Gasteiger partial charge in [0.1, 0.15) is 0 Å². The summed E-state index contributed by atoms with van der Waals surface area (Å²) in [4.78, 5) is 24.7. The molecule has 3 heterocycles. The molecule has 2 aromatic rings. The molecule has 2 aromatic carbocycles. The topological polar surface area (TPSA) is 80.3 Å². The van der Waals surface area contributed by atoms with Gasteiger partial charge in [0.05, 0.1) is 0 Å². The minimum absolute atomic E-state index is 0.205. The SMILES string of the molecule is CC12CC=C([Si-]34(Oc5ccccc5O3)Oc3ccccc3O4)CC1C(=O)OC2=O. The van der Waals surface area contributed by atoms with E-state index in [-0.39, 0.29) is 6.42 Å². The van der Waals surface area contributed by atoms with Gasteiger partial charge in [0.25, 0.3) is 0 Å². The first-order chi connectivity index (χ1) is 13.9. The van der Waals surface area contributed by atoms with Gasteiger partial charge in [0.2, 0.25) is 0 Å². The number of rotatable bonds is 1. The van der Waals surface area contributed by atoms with E-state index in [1.165, 1.54) is 0 Å². The number of para-hydroxylation sites is 4. The quantitative estimate of drug-likeness (QED) is 0.406. The average Bonchev–Trinajstić information content (AvgIpc) is 3.29. The summed E-state index contributed by atoms with van der Waals surface area (Å²) in [6, 6.07) is 14.5. The second kappa shape index (κ2) is 5.01. The molecule has 0 amide bonds. The van der Waals surface area contributed by atoms with Gasteiger partial charge in [0.15, 0.2) is 0 Å². The number of hydrogen-bond acceptors (Lipinski definition) is 7. The zero-order valence-electron chi connectivity index (χ0n) is 15.5. The van der Waals surface area contributed by atoms with Crippen molar-refractivity contribution in [1.82, 2.24) is 0 Å². The predicted molar refractivity (Wildman–Crippen MR) is 101 cm³/mol. The monoisotopic (exact) mass is 409 g/mol. The minimum atomic E-state index is -4.66. The van der Waals surface area contributed by atoms with E-state index in [9.17, 15) is 9.59 Å². The Hall–Kier alpha value is -3.26. The first-order valence-electron chi connectivity index (χ1n) is 9.49. The van der Waals surface area contributed by atoms with Crippen LogP contribution in [0.2, 0.25) is 0 Å². The van der Waals surface area contributed by atoms with Gasteiger partial charge in [-0.05, 0) is 0 Å². The summed E-state index contributed by atoms with van der Waals surface area (Å²) in [5, 5.41) is 0.631. The van der Waals surface area contributed by atoms with Crippen molar-refractivity contribution in [2.45, 2.75) is 19.8 Å². The summed E-state index contributed by atoms with van der Waals surface area (Å²) in [5.41, 5.74) is -0.897. The van der Waals surface area contributed by atoms with E-state index in [0.29, 0.717) is 34.6 Å². The molecule has 4 aliphatic rings. The van der Waals surface area contributed by atoms with Crippen LogP contribution in [-0.2, 0) is 14.3 Å². The maximum atomic E-state index is 12.4. The number of fused-ring (bicyclic) bond motifs is 3. The van der Waals surface area contributed by atoms with E-state index in [4.69, 9.17) is 22.4 Å². The number of cyclic esters (lactones) is 2. The fraction of sp³-hybridized carbons (Fsp3) is 0.238. The fourth-order valence-corrected chi connectivity index (χ4v) is 8.51. The number of carbonyl (C=O) groups excluding carboxylic acids is 2. The molecule has 1 spiro atoms. The summed E-state index contributed by atoms with van der Waals surface area (Å²) in [6.07, 6.45) is 2.38. The van der Waals surface area contributed by atoms with Gasteiger partial charge >= 0.3 is 166 Å². The third-order valence-corrected chi connectivity index (χ3v) is 10.0. The van der Waals surface area contributed by atoms with Crippen molar-refractivity contribution in [3.63, 3.8) is 0 Å². The van der Waals surface area contributed by atoms with Crippen LogP contribution in [0.5, 0.6) is 23.0 Å². The van der Waals surface area contributed by atoms with E-state index >= 15 is 0 Å². The van der Waals surface area contributed by atoms with Crippen LogP contribution in [-0.4, -0.2) is 20.3 Å². The molecule has 29 heavy (non-hydrogen) atoms. The summed E-state index contributed by atoms with van der Waals surface area (Å²) in [7, 11) is -4.66. The average molecular weight is 409 g/mol. The molecule has 0 aromatic heterocycles. The van der Waals surface area contributed by atoms with Gasteiger partial charge < -0.3 is 0 Å². The summed E-state index contributed by atoms with van der Waals surface area (Å²) in [6.45, 7) is 1.75. The molecule has 2 atom stereocenters. The molecule has 3 aliphatic heterocycles. The molecule has 148 valence electrons. The molecular formula is C21H17O7Si-. The van der Waals surface area contributed by atoms with Crippen molar-refractivity contribution >= 4 is 20.3 Å². The van der Waals surface area contributed by atoms with Crippen LogP contribution in [0.1, 0.15) is 19.8 Å². The number of ether oxygens (including phenoxy) is 1. The second-order valence-corrected chi connectivity index (χ2v) is 11.3. The number of benzene rings is 2. The van der Waals surface area contributed by atoms with Crippen LogP contribution in [0.25, 0.3) is 0 Å². The molecule has 1 fully saturated rings. The third-order valence-electron chi connectivity index (χ3n) is 6.28. The van der Waals surface area contributed by atoms with E-state index in [1.807, 2.05) is 30.3 Å². The molecule has 7 nitrogen and oxygen atoms in total. The maximum absolute atomic E-state index is 12.4. The number of hydrogen-bond donors (Lipinski definition) is 0. The Bertz CT molecular complexity index is 1030. The molecule has 0 bridgehead atoms. The summed E-state index contributed by atoms with van der Waals surface area (Å²) < 4.78 is 30.5. The van der Waals surface area contributed by atoms with Crippen molar-refractivity contribution in [2.75, 3.05) is 0 Å². The molecule has 0 radical (unpaired) electrons. The molecule has 1 saturated heterocycles. The van der Waals surface area contributed by atoms with E-state index in [2.05, 4.69) is 0 Å². The number of carbonyl (C=O) groups is 2. The van der Waals surface area contributed by atoms with Gasteiger partial charge in [-0.3, -0.25) is 0 Å². The molecular weight excluding hydrogens is 392 g/mol. The van der Waals surface area contributed by atoms with E-state index < -0.39 is 31.6 Å². The predicted octanol–water partition coefficient (Wildman–Crippen LogP) is 3.28. The Morgan fingerprint density at radius 2 is 1.34 bits per heavy atom. The first-order valence-corrected chi connectivity index (χ1v) is 11.6. The van der Waals surface area contributed by atoms with Crippen molar-refractivity contribution in [2.24, 2.45) is 11.3 Å². The van der Waals surface area contributed by atoms with Crippen molar-refractivity contribution in [3.05, 3.63) is 59.8 Å². The van der Waals surface area contributed by atoms with Gasteiger partial charge in [-0.2, -0.15) is 0 Å². The molecule has 0 saturated carbocycles. The molecule has 6 rings (SSSR count). The Morgan fingerprint density at radius 3 is 1.83 bits per heavy atom. The van der Waals surface area contributed by atoms with Crippen LogP contribution >= 0.6 is 0 Å². The first kappa shape index (κ1) is 16.7. The van der Waals surface area contributed by atoms with Crippen LogP contribution < -0.4 is 17.7 Å². The molecule has 8 heteroatoms. The van der Waals surface area contributed by atoms with Crippen molar-refractivity contribution < 1.29 is 32.0 Å². The number of esters is 2.